The summed E-state index contributed by atoms with van der Waals surface area (Å²) in [6.07, 6.45) is 0.437. The third-order valence-corrected chi connectivity index (χ3v) is 3.90. The molecule has 0 aliphatic carbocycles. The number of nitrogens with zero attached hydrogens (tertiary/aromatic N) is 4. The molecule has 0 spiro atoms. The second-order valence-corrected chi connectivity index (χ2v) is 6.80. The Bertz CT molecular complexity index is 884. The third kappa shape index (κ3) is 5.25. The molecule has 0 saturated heterocycles. The number of aryl methyl sites for hydroxylation is 2. The zero-order chi connectivity index (χ0) is 20.1. The van der Waals surface area contributed by atoms with Crippen LogP contribution in [0.2, 0.25) is 0 Å². The number of ether oxygens (including phenoxy) is 1. The van der Waals surface area contributed by atoms with E-state index >= 15 is 0 Å². The van der Waals surface area contributed by atoms with Crippen molar-refractivity contribution in [2.45, 2.75) is 46.7 Å². The highest BCUT2D eigenvalue weighted by Crippen LogP contribution is 2.08. The summed E-state index contributed by atoms with van der Waals surface area (Å²) < 4.78 is 7.37. The Kier molecular flexibility index (Phi) is 6.49. The number of carbonyl (C=O) groups is 2. The van der Waals surface area contributed by atoms with E-state index in [1.165, 1.54) is 13.2 Å². The highest BCUT2D eigenvalue weighted by atomic mass is 16.5. The molecule has 0 aliphatic rings. The van der Waals surface area contributed by atoms with Crippen LogP contribution in [0.1, 0.15) is 31.7 Å². The number of esters is 1. The lowest BCUT2D eigenvalue weighted by Gasteiger charge is -2.18. The molecule has 9 heteroatoms. The van der Waals surface area contributed by atoms with Crippen LogP contribution in [0.15, 0.2) is 23.0 Å². The van der Waals surface area contributed by atoms with E-state index in [4.69, 9.17) is 4.74 Å². The minimum Gasteiger partial charge on any atom is -0.467 e. The van der Waals surface area contributed by atoms with Crippen LogP contribution in [0.3, 0.4) is 0 Å². The van der Waals surface area contributed by atoms with E-state index in [0.717, 1.165) is 16.1 Å². The first kappa shape index (κ1) is 20.3. The summed E-state index contributed by atoms with van der Waals surface area (Å²) in [6.45, 7) is 7.29. The number of rotatable bonds is 7. The van der Waals surface area contributed by atoms with Gasteiger partial charge in [0.15, 0.2) is 5.82 Å². The molecule has 27 heavy (non-hydrogen) atoms. The summed E-state index contributed by atoms with van der Waals surface area (Å²) >= 11 is 0. The second kappa shape index (κ2) is 8.61. The van der Waals surface area contributed by atoms with Crippen molar-refractivity contribution in [3.63, 3.8) is 0 Å². The van der Waals surface area contributed by atoms with Crippen LogP contribution >= 0.6 is 0 Å². The van der Waals surface area contributed by atoms with Gasteiger partial charge in [0.2, 0.25) is 5.91 Å². The van der Waals surface area contributed by atoms with Crippen molar-refractivity contribution in [3.05, 3.63) is 39.9 Å². The maximum absolute atomic E-state index is 12.4. The molecule has 0 fully saturated rings. The smallest absolute Gasteiger partial charge is 0.328 e. The highest BCUT2D eigenvalue weighted by Gasteiger charge is 2.23. The largest absolute Gasteiger partial charge is 0.467 e. The minimum absolute atomic E-state index is 0.185. The molecule has 146 valence electrons. The normalized spacial score (nSPS) is 12.1. The molecule has 1 unspecified atom stereocenters. The molecule has 0 saturated carbocycles. The predicted octanol–water partition coefficient (Wildman–Crippen LogP) is 0.750. The lowest BCUT2D eigenvalue weighted by atomic mass is 10.0. The molecular weight excluding hydrogens is 350 g/mol. The Hall–Kier alpha value is -2.97. The lowest BCUT2D eigenvalue weighted by molar-refractivity contribution is -0.145. The number of amides is 1. The monoisotopic (exact) mass is 375 g/mol. The lowest BCUT2D eigenvalue weighted by Crippen LogP contribution is -2.45. The van der Waals surface area contributed by atoms with Gasteiger partial charge in [-0.1, -0.05) is 13.8 Å². The van der Waals surface area contributed by atoms with Crippen LogP contribution in [0, 0.1) is 19.8 Å². The molecule has 2 heterocycles. The molecule has 2 aromatic rings. The summed E-state index contributed by atoms with van der Waals surface area (Å²) in [5.74, 6) is -0.399. The zero-order valence-corrected chi connectivity index (χ0v) is 16.2. The maximum atomic E-state index is 12.4. The van der Waals surface area contributed by atoms with Crippen molar-refractivity contribution in [3.8, 4) is 5.82 Å². The number of hydrogen-bond donors (Lipinski definition) is 1. The first-order valence-electron chi connectivity index (χ1n) is 8.70. The standard InChI is InChI=1S/C18H25N5O4/c1-11(2)8-14(18(26)27-5)19-16(24)10-22-17(25)7-6-15(21-22)23-13(4)9-12(3)20-23/h6-7,9,11,14H,8,10H2,1-5H3,(H,19,24). The molecule has 9 nitrogen and oxygen atoms in total. The van der Waals surface area contributed by atoms with Crippen molar-refractivity contribution in [1.82, 2.24) is 24.9 Å². The average Bonchev–Trinajstić information content (AvgIpc) is 2.93. The van der Waals surface area contributed by atoms with Crippen LogP contribution in [-0.2, 0) is 20.9 Å². The average molecular weight is 375 g/mol. The first-order chi connectivity index (χ1) is 12.7. The molecular formula is C18H25N5O4. The van der Waals surface area contributed by atoms with Crippen LogP contribution in [0.25, 0.3) is 5.82 Å². The summed E-state index contributed by atoms with van der Waals surface area (Å²) in [5, 5.41) is 11.2. The van der Waals surface area contributed by atoms with Gasteiger partial charge in [-0.05, 0) is 38.3 Å². The topological polar surface area (TPSA) is 108 Å². The van der Waals surface area contributed by atoms with E-state index in [9.17, 15) is 14.4 Å². The summed E-state index contributed by atoms with van der Waals surface area (Å²) in [4.78, 5) is 36.3. The van der Waals surface area contributed by atoms with Gasteiger partial charge in [0, 0.05) is 11.8 Å². The molecule has 1 N–H and O–H groups in total. The van der Waals surface area contributed by atoms with E-state index in [1.54, 1.807) is 10.7 Å². The van der Waals surface area contributed by atoms with Gasteiger partial charge < -0.3 is 10.1 Å². The molecule has 2 rings (SSSR count). The fourth-order valence-corrected chi connectivity index (χ4v) is 2.73. The fourth-order valence-electron chi connectivity index (χ4n) is 2.73. The summed E-state index contributed by atoms with van der Waals surface area (Å²) in [5.41, 5.74) is 1.26. The van der Waals surface area contributed by atoms with Crippen molar-refractivity contribution < 1.29 is 14.3 Å². The van der Waals surface area contributed by atoms with Gasteiger partial charge in [0.25, 0.3) is 5.56 Å². The third-order valence-electron chi connectivity index (χ3n) is 3.90. The first-order valence-corrected chi connectivity index (χ1v) is 8.70. The van der Waals surface area contributed by atoms with Crippen LogP contribution < -0.4 is 10.9 Å². The zero-order valence-electron chi connectivity index (χ0n) is 16.2. The maximum Gasteiger partial charge on any atom is 0.328 e. The number of nitrogens with one attached hydrogen (secondary N) is 1. The summed E-state index contributed by atoms with van der Waals surface area (Å²) in [6, 6.07) is 4.00. The Labute approximate surface area is 157 Å². The van der Waals surface area contributed by atoms with E-state index in [1.807, 2.05) is 33.8 Å². The van der Waals surface area contributed by atoms with Crippen LogP contribution in [0.5, 0.6) is 0 Å². The van der Waals surface area contributed by atoms with E-state index in [-0.39, 0.29) is 12.5 Å². The van der Waals surface area contributed by atoms with Crippen molar-refractivity contribution in [1.29, 1.82) is 0 Å². The number of methoxy groups -OCH3 is 1. The van der Waals surface area contributed by atoms with Gasteiger partial charge in [0.05, 0.1) is 12.8 Å². The van der Waals surface area contributed by atoms with Crippen LogP contribution in [0.4, 0.5) is 0 Å². The molecule has 0 aromatic carbocycles. The number of carbonyl (C=O) groups excluding carboxylic acids is 2. The van der Waals surface area contributed by atoms with Crippen molar-refractivity contribution >= 4 is 11.9 Å². The van der Waals surface area contributed by atoms with E-state index in [0.29, 0.717) is 12.2 Å². The molecule has 2 aromatic heterocycles. The predicted molar refractivity (Wildman–Crippen MR) is 98.5 cm³/mol. The van der Waals surface area contributed by atoms with Gasteiger partial charge >= 0.3 is 5.97 Å². The molecule has 0 bridgehead atoms. The van der Waals surface area contributed by atoms with Crippen molar-refractivity contribution in [2.75, 3.05) is 7.11 Å². The highest BCUT2D eigenvalue weighted by molar-refractivity contribution is 5.84. The molecule has 1 amide bonds. The Balaban J connectivity index is 2.19. The van der Waals surface area contributed by atoms with Gasteiger partial charge in [-0.15, -0.1) is 5.10 Å². The van der Waals surface area contributed by atoms with E-state index in [2.05, 4.69) is 15.5 Å². The Morgan fingerprint density at radius 2 is 1.93 bits per heavy atom. The number of aromatic nitrogens is 4. The van der Waals surface area contributed by atoms with Crippen molar-refractivity contribution in [2.24, 2.45) is 5.92 Å². The quantitative estimate of drug-likeness (QED) is 0.716. The summed E-state index contributed by atoms with van der Waals surface area (Å²) in [7, 11) is 1.27. The van der Waals surface area contributed by atoms with Gasteiger partial charge in [-0.2, -0.15) is 5.10 Å². The Morgan fingerprint density at radius 3 is 2.48 bits per heavy atom. The van der Waals surface area contributed by atoms with Gasteiger partial charge in [-0.25, -0.2) is 14.2 Å². The molecule has 0 radical (unpaired) electrons. The van der Waals surface area contributed by atoms with E-state index < -0.39 is 23.5 Å². The fraction of sp³-hybridized carbons (Fsp3) is 0.500. The molecule has 0 aliphatic heterocycles. The second-order valence-electron chi connectivity index (χ2n) is 6.80. The van der Waals surface area contributed by atoms with Gasteiger partial charge in [-0.3, -0.25) is 9.59 Å². The Morgan fingerprint density at radius 1 is 1.22 bits per heavy atom. The molecule has 1 atom stereocenters. The number of hydrogen-bond acceptors (Lipinski definition) is 6. The van der Waals surface area contributed by atoms with Crippen LogP contribution in [-0.4, -0.2) is 44.6 Å². The minimum atomic E-state index is -0.766. The van der Waals surface area contributed by atoms with Gasteiger partial charge in [0.1, 0.15) is 12.6 Å². The SMILES string of the molecule is COC(=O)C(CC(C)C)NC(=O)Cn1nc(-n2nc(C)cc2C)ccc1=O.